The van der Waals surface area contributed by atoms with Crippen LogP contribution >= 0.6 is 0 Å². The summed E-state index contributed by atoms with van der Waals surface area (Å²) < 4.78 is 12.3. The summed E-state index contributed by atoms with van der Waals surface area (Å²) in [6.07, 6.45) is 0.778. The van der Waals surface area contributed by atoms with Crippen LogP contribution in [-0.2, 0) is 6.54 Å². The lowest BCUT2D eigenvalue weighted by molar-refractivity contribution is 0.112. The Labute approximate surface area is 133 Å². The van der Waals surface area contributed by atoms with Crippen molar-refractivity contribution >= 4 is 28.0 Å². The zero-order valence-corrected chi connectivity index (χ0v) is 13.3. The second-order valence-electron chi connectivity index (χ2n) is 5.16. The zero-order chi connectivity index (χ0) is 16.6. The first-order valence-electron chi connectivity index (χ1n) is 7.32. The highest BCUT2D eigenvalue weighted by atomic mass is 16.5. The van der Waals surface area contributed by atoms with E-state index in [0.717, 1.165) is 17.1 Å². The van der Waals surface area contributed by atoms with Crippen molar-refractivity contribution in [2.24, 2.45) is 0 Å². The zero-order valence-electron chi connectivity index (χ0n) is 13.3. The van der Waals surface area contributed by atoms with Crippen LogP contribution in [0.25, 0.3) is 21.7 Å². The van der Waals surface area contributed by atoms with Gasteiger partial charge in [0, 0.05) is 22.9 Å². The molecule has 1 heterocycles. The van der Waals surface area contributed by atoms with Gasteiger partial charge in [-0.3, -0.25) is 9.59 Å². The van der Waals surface area contributed by atoms with E-state index in [4.69, 9.17) is 9.47 Å². The van der Waals surface area contributed by atoms with Crippen molar-refractivity contribution in [3.05, 3.63) is 46.2 Å². The van der Waals surface area contributed by atoms with E-state index in [2.05, 4.69) is 0 Å². The largest absolute Gasteiger partial charge is 0.493 e. The molecule has 0 aliphatic carbocycles. The maximum absolute atomic E-state index is 12.9. The molecule has 0 N–H and O–H groups in total. The molecule has 118 valence electrons. The summed E-state index contributed by atoms with van der Waals surface area (Å²) in [5.41, 5.74) is 0.998. The number of aryl methyl sites for hydroxylation is 1. The van der Waals surface area contributed by atoms with Crippen LogP contribution < -0.4 is 15.0 Å². The van der Waals surface area contributed by atoms with E-state index in [0.29, 0.717) is 34.5 Å². The maximum atomic E-state index is 12.9. The topological polar surface area (TPSA) is 57.5 Å². The SMILES string of the molecule is CCn1c(=O)c2cc(OC)c(OC)cc2c2cccc(C=O)c21. The van der Waals surface area contributed by atoms with Gasteiger partial charge in [0.1, 0.15) is 0 Å². The number of carbonyl (C=O) groups excluding carboxylic acids is 1. The Morgan fingerprint density at radius 1 is 1.04 bits per heavy atom. The van der Waals surface area contributed by atoms with Crippen molar-refractivity contribution in [1.29, 1.82) is 0 Å². The molecule has 0 amide bonds. The quantitative estimate of drug-likeness (QED) is 0.549. The van der Waals surface area contributed by atoms with E-state index < -0.39 is 0 Å². The number of aromatic nitrogens is 1. The predicted molar refractivity (Wildman–Crippen MR) is 89.9 cm³/mol. The van der Waals surface area contributed by atoms with E-state index in [-0.39, 0.29) is 5.56 Å². The predicted octanol–water partition coefficient (Wildman–Crippen LogP) is 3.00. The number of ether oxygens (including phenoxy) is 2. The van der Waals surface area contributed by atoms with Crippen LogP contribution in [0.5, 0.6) is 11.5 Å². The van der Waals surface area contributed by atoms with Gasteiger partial charge in [0.05, 0.1) is 25.1 Å². The number of fused-ring (bicyclic) bond motifs is 3. The maximum Gasteiger partial charge on any atom is 0.259 e. The highest BCUT2D eigenvalue weighted by Crippen LogP contribution is 2.34. The summed E-state index contributed by atoms with van der Waals surface area (Å²) in [6, 6.07) is 8.91. The monoisotopic (exact) mass is 311 g/mol. The Bertz CT molecular complexity index is 972. The van der Waals surface area contributed by atoms with Crippen LogP contribution in [0.1, 0.15) is 17.3 Å². The molecule has 3 rings (SSSR count). The van der Waals surface area contributed by atoms with E-state index in [1.54, 1.807) is 29.9 Å². The number of para-hydroxylation sites is 1. The molecule has 0 saturated carbocycles. The molecule has 0 bridgehead atoms. The van der Waals surface area contributed by atoms with Crippen molar-refractivity contribution < 1.29 is 14.3 Å². The van der Waals surface area contributed by atoms with Crippen molar-refractivity contribution in [3.63, 3.8) is 0 Å². The fraction of sp³-hybridized carbons (Fsp3) is 0.222. The normalized spacial score (nSPS) is 10.9. The van der Waals surface area contributed by atoms with Gasteiger partial charge in [-0.1, -0.05) is 12.1 Å². The van der Waals surface area contributed by atoms with E-state index in [9.17, 15) is 9.59 Å². The average molecular weight is 311 g/mol. The van der Waals surface area contributed by atoms with Gasteiger partial charge in [0.15, 0.2) is 17.8 Å². The number of hydrogen-bond acceptors (Lipinski definition) is 4. The third-order valence-electron chi connectivity index (χ3n) is 4.07. The Balaban J connectivity index is 2.62. The molecule has 0 aliphatic rings. The number of methoxy groups -OCH3 is 2. The van der Waals surface area contributed by atoms with E-state index >= 15 is 0 Å². The molecule has 0 fully saturated rings. The van der Waals surface area contributed by atoms with Gasteiger partial charge in [-0.05, 0) is 25.1 Å². The summed E-state index contributed by atoms with van der Waals surface area (Å²) in [4.78, 5) is 24.3. The number of benzene rings is 2. The third-order valence-corrected chi connectivity index (χ3v) is 4.07. The van der Waals surface area contributed by atoms with Crippen molar-refractivity contribution in [2.75, 3.05) is 14.2 Å². The highest BCUT2D eigenvalue weighted by Gasteiger charge is 2.16. The highest BCUT2D eigenvalue weighted by molar-refractivity contribution is 6.10. The minimum Gasteiger partial charge on any atom is -0.493 e. The molecule has 0 saturated heterocycles. The van der Waals surface area contributed by atoms with Crippen molar-refractivity contribution in [2.45, 2.75) is 13.5 Å². The molecule has 0 atom stereocenters. The number of aldehydes is 1. The number of pyridine rings is 1. The Morgan fingerprint density at radius 3 is 2.26 bits per heavy atom. The first-order chi connectivity index (χ1) is 11.2. The van der Waals surface area contributed by atoms with Gasteiger partial charge in [-0.25, -0.2) is 0 Å². The fourth-order valence-electron chi connectivity index (χ4n) is 3.00. The van der Waals surface area contributed by atoms with Gasteiger partial charge in [-0.15, -0.1) is 0 Å². The Morgan fingerprint density at radius 2 is 1.70 bits per heavy atom. The lowest BCUT2D eigenvalue weighted by atomic mass is 10.0. The molecule has 0 radical (unpaired) electrons. The smallest absolute Gasteiger partial charge is 0.259 e. The van der Waals surface area contributed by atoms with Crippen molar-refractivity contribution in [3.8, 4) is 11.5 Å². The summed E-state index contributed by atoms with van der Waals surface area (Å²) in [5, 5.41) is 2.13. The summed E-state index contributed by atoms with van der Waals surface area (Å²) in [7, 11) is 3.09. The number of hydrogen-bond donors (Lipinski definition) is 0. The number of nitrogens with zero attached hydrogens (tertiary/aromatic N) is 1. The molecule has 2 aromatic carbocycles. The third kappa shape index (κ3) is 2.16. The first-order valence-corrected chi connectivity index (χ1v) is 7.32. The van der Waals surface area contributed by atoms with Gasteiger partial charge in [-0.2, -0.15) is 0 Å². The summed E-state index contributed by atoms with van der Waals surface area (Å²) in [6.45, 7) is 2.36. The van der Waals surface area contributed by atoms with Crippen LogP contribution in [-0.4, -0.2) is 25.1 Å². The Kier molecular flexibility index (Phi) is 3.78. The minimum atomic E-state index is -0.148. The van der Waals surface area contributed by atoms with Crippen LogP contribution in [0.4, 0.5) is 0 Å². The molecule has 5 nitrogen and oxygen atoms in total. The molecule has 5 heteroatoms. The molecule has 0 unspecified atom stereocenters. The van der Waals surface area contributed by atoms with Crippen LogP contribution in [0.3, 0.4) is 0 Å². The molecule has 0 spiro atoms. The first kappa shape index (κ1) is 15.1. The molecule has 23 heavy (non-hydrogen) atoms. The van der Waals surface area contributed by atoms with Crippen LogP contribution in [0, 0.1) is 0 Å². The molecule has 1 aromatic heterocycles. The minimum absolute atomic E-state index is 0.148. The molecule has 0 aliphatic heterocycles. The van der Waals surface area contributed by atoms with E-state index in [1.165, 1.54) is 7.11 Å². The molecular weight excluding hydrogens is 294 g/mol. The number of rotatable bonds is 4. The van der Waals surface area contributed by atoms with E-state index in [1.807, 2.05) is 19.1 Å². The standard InChI is InChI=1S/C18H17NO4/c1-4-19-17-11(10-20)6-5-7-12(17)13-8-15(22-2)16(23-3)9-14(13)18(19)21/h5-10H,4H2,1-3H3. The average Bonchev–Trinajstić information content (AvgIpc) is 2.60. The van der Waals surface area contributed by atoms with Gasteiger partial charge >= 0.3 is 0 Å². The summed E-state index contributed by atoms with van der Waals surface area (Å²) in [5.74, 6) is 1.05. The van der Waals surface area contributed by atoms with Crippen LogP contribution in [0.2, 0.25) is 0 Å². The van der Waals surface area contributed by atoms with Gasteiger partial charge in [0.2, 0.25) is 0 Å². The second kappa shape index (κ2) is 5.76. The van der Waals surface area contributed by atoms with Gasteiger partial charge < -0.3 is 14.0 Å². The number of carbonyl (C=O) groups is 1. The molecular formula is C18H17NO4. The fourth-order valence-corrected chi connectivity index (χ4v) is 3.00. The van der Waals surface area contributed by atoms with Crippen molar-refractivity contribution in [1.82, 2.24) is 4.57 Å². The molecule has 3 aromatic rings. The lowest BCUT2D eigenvalue weighted by Gasteiger charge is -2.15. The second-order valence-corrected chi connectivity index (χ2v) is 5.16. The Hall–Kier alpha value is -2.82. The summed E-state index contributed by atoms with van der Waals surface area (Å²) >= 11 is 0. The van der Waals surface area contributed by atoms with Crippen LogP contribution in [0.15, 0.2) is 35.1 Å². The van der Waals surface area contributed by atoms with Gasteiger partial charge in [0.25, 0.3) is 5.56 Å². The lowest BCUT2D eigenvalue weighted by Crippen LogP contribution is -2.21.